The summed E-state index contributed by atoms with van der Waals surface area (Å²) in [5.74, 6) is 0. The molecule has 0 radical (unpaired) electrons. The van der Waals surface area contributed by atoms with Crippen molar-refractivity contribution in [2.45, 2.75) is 4.90 Å². The minimum atomic E-state index is -4.23. The zero-order valence-electron chi connectivity index (χ0n) is 8.06. The maximum atomic E-state index is 10.6. The van der Waals surface area contributed by atoms with E-state index in [4.69, 9.17) is 16.0 Å². The normalized spacial score (nSPS) is 10.5. The zero-order chi connectivity index (χ0) is 9.35. The van der Waals surface area contributed by atoms with Crippen molar-refractivity contribution in [1.82, 2.24) is 0 Å². The van der Waals surface area contributed by atoms with Gasteiger partial charge in [0, 0.05) is 5.69 Å². The SMILES string of the molecule is Nc1ccc(S(=O)(=O)O)c(N)c1.[H-].[Na+]. The van der Waals surface area contributed by atoms with E-state index in [1.807, 2.05) is 0 Å². The molecular weight excluding hydrogens is 203 g/mol. The first-order valence-corrected chi connectivity index (χ1v) is 4.48. The van der Waals surface area contributed by atoms with Gasteiger partial charge in [0.25, 0.3) is 10.1 Å². The number of hydrogen-bond acceptors (Lipinski definition) is 4. The molecule has 0 amide bonds. The Labute approximate surface area is 99.6 Å². The molecule has 0 saturated heterocycles. The van der Waals surface area contributed by atoms with Gasteiger partial charge in [0.1, 0.15) is 4.90 Å². The standard InChI is InChI=1S/C6H8N2O3S.Na.H/c7-4-1-2-6(5(8)3-4)12(9,10)11;;/h1-3H,7-8H2,(H,9,10,11);;/q;+1;-1. The fourth-order valence-electron chi connectivity index (χ4n) is 0.802. The molecule has 0 aliphatic rings. The van der Waals surface area contributed by atoms with Gasteiger partial charge in [-0.3, -0.25) is 4.55 Å². The zero-order valence-corrected chi connectivity index (χ0v) is 9.88. The van der Waals surface area contributed by atoms with Crippen molar-refractivity contribution < 1.29 is 44.0 Å². The average Bonchev–Trinajstić information content (AvgIpc) is 1.83. The molecule has 0 aliphatic heterocycles. The molecule has 0 heterocycles. The van der Waals surface area contributed by atoms with E-state index in [2.05, 4.69) is 0 Å². The fourth-order valence-corrected chi connectivity index (χ4v) is 1.40. The number of nitrogen functional groups attached to an aromatic ring is 2. The van der Waals surface area contributed by atoms with E-state index < -0.39 is 10.1 Å². The van der Waals surface area contributed by atoms with Crippen LogP contribution in [0.1, 0.15) is 1.43 Å². The summed E-state index contributed by atoms with van der Waals surface area (Å²) in [4.78, 5) is -0.322. The van der Waals surface area contributed by atoms with Crippen molar-refractivity contribution in [3.8, 4) is 0 Å². The second kappa shape index (κ2) is 4.30. The van der Waals surface area contributed by atoms with Crippen molar-refractivity contribution in [1.29, 1.82) is 0 Å². The topological polar surface area (TPSA) is 106 Å². The van der Waals surface area contributed by atoms with Gasteiger partial charge in [-0.1, -0.05) is 0 Å². The summed E-state index contributed by atoms with van der Waals surface area (Å²) in [6.45, 7) is 0. The first-order valence-electron chi connectivity index (χ1n) is 3.04. The second-order valence-corrected chi connectivity index (χ2v) is 3.66. The van der Waals surface area contributed by atoms with Crippen LogP contribution in [0.4, 0.5) is 11.4 Å². The predicted octanol–water partition coefficient (Wildman–Crippen LogP) is -2.79. The summed E-state index contributed by atoms with van der Waals surface area (Å²) >= 11 is 0. The van der Waals surface area contributed by atoms with Crippen molar-refractivity contribution in [3.63, 3.8) is 0 Å². The summed E-state index contributed by atoms with van der Waals surface area (Å²) < 4.78 is 29.8. The molecule has 0 unspecified atom stereocenters. The maximum absolute atomic E-state index is 10.6. The molecule has 0 aromatic heterocycles. The molecular formula is C6H9N2NaO3S. The Bertz CT molecular complexity index is 410. The molecule has 1 rings (SSSR count). The van der Waals surface area contributed by atoms with Gasteiger partial charge in [0.05, 0.1) is 5.69 Å². The Morgan fingerprint density at radius 1 is 1.31 bits per heavy atom. The van der Waals surface area contributed by atoms with Crippen molar-refractivity contribution in [2.24, 2.45) is 0 Å². The van der Waals surface area contributed by atoms with Gasteiger partial charge in [0.2, 0.25) is 0 Å². The minimum Gasteiger partial charge on any atom is -1.00 e. The smallest absolute Gasteiger partial charge is 1.00 e. The number of nitrogens with two attached hydrogens (primary N) is 2. The van der Waals surface area contributed by atoms with Crippen LogP contribution in [0.3, 0.4) is 0 Å². The van der Waals surface area contributed by atoms with Gasteiger partial charge >= 0.3 is 29.6 Å². The first kappa shape index (κ1) is 12.7. The third-order valence-corrected chi connectivity index (χ3v) is 2.24. The molecule has 68 valence electrons. The fraction of sp³-hybridized carbons (Fsp3) is 0. The van der Waals surface area contributed by atoms with Gasteiger partial charge < -0.3 is 12.9 Å². The Kier molecular flexibility index (Phi) is 4.21. The molecule has 5 nitrogen and oxygen atoms in total. The molecule has 1 aromatic rings. The van der Waals surface area contributed by atoms with Gasteiger partial charge in [-0.2, -0.15) is 8.42 Å². The van der Waals surface area contributed by atoms with E-state index in [1.54, 1.807) is 0 Å². The van der Waals surface area contributed by atoms with Gasteiger partial charge in [0.15, 0.2) is 0 Å². The van der Waals surface area contributed by atoms with Crippen LogP contribution in [0.5, 0.6) is 0 Å². The number of benzene rings is 1. The molecule has 0 atom stereocenters. The molecule has 0 aliphatic carbocycles. The Morgan fingerprint density at radius 3 is 2.23 bits per heavy atom. The van der Waals surface area contributed by atoms with E-state index in [-0.39, 0.29) is 41.6 Å². The molecule has 1 aromatic carbocycles. The van der Waals surface area contributed by atoms with Crippen LogP contribution in [-0.4, -0.2) is 13.0 Å². The largest absolute Gasteiger partial charge is 1.00 e. The number of rotatable bonds is 1. The third-order valence-electron chi connectivity index (χ3n) is 1.31. The maximum Gasteiger partial charge on any atom is 1.00 e. The van der Waals surface area contributed by atoms with E-state index in [0.29, 0.717) is 5.69 Å². The minimum absolute atomic E-state index is 0. The summed E-state index contributed by atoms with van der Waals surface area (Å²) in [5, 5.41) is 0. The average molecular weight is 212 g/mol. The summed E-state index contributed by atoms with van der Waals surface area (Å²) in [7, 11) is -4.23. The van der Waals surface area contributed by atoms with Crippen molar-refractivity contribution >= 4 is 21.5 Å². The van der Waals surface area contributed by atoms with E-state index >= 15 is 0 Å². The van der Waals surface area contributed by atoms with Crippen LogP contribution in [0.2, 0.25) is 0 Å². The van der Waals surface area contributed by atoms with Crippen LogP contribution in [0, 0.1) is 0 Å². The molecule has 5 N–H and O–H groups in total. The Balaban J connectivity index is 0. The van der Waals surface area contributed by atoms with Gasteiger partial charge in [-0.05, 0) is 18.2 Å². The molecule has 0 fully saturated rings. The van der Waals surface area contributed by atoms with Crippen LogP contribution in [0.25, 0.3) is 0 Å². The third kappa shape index (κ3) is 3.17. The van der Waals surface area contributed by atoms with E-state index in [1.165, 1.54) is 12.1 Å². The van der Waals surface area contributed by atoms with E-state index in [0.717, 1.165) is 6.07 Å². The molecule has 0 bridgehead atoms. The number of hydrogen-bond donors (Lipinski definition) is 3. The summed E-state index contributed by atoms with van der Waals surface area (Å²) in [5.41, 5.74) is 10.9. The van der Waals surface area contributed by atoms with Crippen molar-refractivity contribution in [2.75, 3.05) is 11.5 Å². The second-order valence-electron chi connectivity index (χ2n) is 2.27. The first-order chi connectivity index (χ1) is 5.41. The van der Waals surface area contributed by atoms with Crippen LogP contribution in [-0.2, 0) is 10.1 Å². The van der Waals surface area contributed by atoms with Crippen molar-refractivity contribution in [3.05, 3.63) is 18.2 Å². The quantitative estimate of drug-likeness (QED) is 0.265. The van der Waals surface area contributed by atoms with E-state index in [9.17, 15) is 8.42 Å². The Hall–Kier alpha value is -0.270. The molecule has 13 heavy (non-hydrogen) atoms. The van der Waals surface area contributed by atoms with Crippen LogP contribution < -0.4 is 41.0 Å². The summed E-state index contributed by atoms with van der Waals surface area (Å²) in [6, 6.07) is 3.77. The predicted molar refractivity (Wildman–Crippen MR) is 46.2 cm³/mol. The number of anilines is 2. The monoisotopic (exact) mass is 212 g/mol. The van der Waals surface area contributed by atoms with Gasteiger partial charge in [-0.25, -0.2) is 0 Å². The van der Waals surface area contributed by atoms with Crippen LogP contribution >= 0.6 is 0 Å². The van der Waals surface area contributed by atoms with Gasteiger partial charge in [-0.15, -0.1) is 0 Å². The molecule has 0 spiro atoms. The summed E-state index contributed by atoms with van der Waals surface area (Å²) in [6.07, 6.45) is 0. The van der Waals surface area contributed by atoms with Crippen LogP contribution in [0.15, 0.2) is 23.1 Å². The molecule has 0 saturated carbocycles. The Morgan fingerprint density at radius 2 is 1.85 bits per heavy atom. The molecule has 7 heteroatoms.